The Bertz CT molecular complexity index is 492. The summed E-state index contributed by atoms with van der Waals surface area (Å²) < 4.78 is 5.02. The molecule has 0 aliphatic heterocycles. The highest BCUT2D eigenvalue weighted by Gasteiger charge is 2.07. The smallest absolute Gasteiger partial charge is 0.328 e. The van der Waals surface area contributed by atoms with E-state index in [4.69, 9.17) is 15.6 Å². The first-order valence-corrected chi connectivity index (χ1v) is 5.27. The predicted molar refractivity (Wildman–Crippen MR) is 69.4 cm³/mol. The average molecular weight is 249 g/mol. The van der Waals surface area contributed by atoms with Crippen LogP contribution in [-0.2, 0) is 4.79 Å². The number of carboxylic acid groups (broad SMARTS) is 1. The predicted octanol–water partition coefficient (Wildman–Crippen LogP) is 1.47. The number of benzene rings is 1. The first kappa shape index (κ1) is 13.8. The molecule has 0 aromatic heterocycles. The van der Waals surface area contributed by atoms with Crippen molar-refractivity contribution in [3.05, 3.63) is 35.4 Å². The van der Waals surface area contributed by atoms with Crippen molar-refractivity contribution in [1.29, 1.82) is 0 Å². The molecule has 18 heavy (non-hydrogen) atoms. The molecular weight excluding hydrogens is 234 g/mol. The van der Waals surface area contributed by atoms with Crippen molar-refractivity contribution in [2.45, 2.75) is 0 Å². The van der Waals surface area contributed by atoms with Crippen molar-refractivity contribution < 1.29 is 19.7 Å². The fourth-order valence-electron chi connectivity index (χ4n) is 1.39. The van der Waals surface area contributed by atoms with Crippen LogP contribution in [0.25, 0.3) is 12.2 Å². The summed E-state index contributed by atoms with van der Waals surface area (Å²) in [6.45, 7) is 0.344. The van der Waals surface area contributed by atoms with E-state index < -0.39 is 5.97 Å². The molecule has 1 aromatic rings. The number of hydrogen-bond acceptors (Lipinski definition) is 4. The van der Waals surface area contributed by atoms with Gasteiger partial charge in [0.15, 0.2) is 11.5 Å². The Kier molecular flexibility index (Phi) is 4.95. The number of carboxylic acids is 1. The summed E-state index contributed by atoms with van der Waals surface area (Å²) in [7, 11) is 1.43. The van der Waals surface area contributed by atoms with Gasteiger partial charge in [0.25, 0.3) is 0 Å². The van der Waals surface area contributed by atoms with Crippen LogP contribution in [0.3, 0.4) is 0 Å². The molecule has 0 saturated heterocycles. The maximum absolute atomic E-state index is 10.5. The largest absolute Gasteiger partial charge is 0.504 e. The van der Waals surface area contributed by atoms with Crippen LogP contribution in [0, 0.1) is 0 Å². The Hall–Kier alpha value is -2.27. The lowest BCUT2D eigenvalue weighted by molar-refractivity contribution is -0.131. The number of nitrogens with two attached hydrogens (primary N) is 1. The van der Waals surface area contributed by atoms with E-state index in [0.29, 0.717) is 17.7 Å². The molecule has 0 bridgehead atoms. The van der Waals surface area contributed by atoms with E-state index in [0.717, 1.165) is 6.08 Å². The van der Waals surface area contributed by atoms with Crippen LogP contribution in [-0.4, -0.2) is 29.8 Å². The van der Waals surface area contributed by atoms with Gasteiger partial charge in [0.2, 0.25) is 0 Å². The number of ether oxygens (including phenoxy) is 1. The Morgan fingerprint density at radius 3 is 2.72 bits per heavy atom. The number of carbonyl (C=O) groups is 1. The summed E-state index contributed by atoms with van der Waals surface area (Å²) in [5, 5.41) is 18.4. The lowest BCUT2D eigenvalue weighted by Crippen LogP contribution is -1.93. The van der Waals surface area contributed by atoms with Crippen molar-refractivity contribution in [1.82, 2.24) is 0 Å². The number of phenols is 1. The molecule has 0 heterocycles. The Morgan fingerprint density at radius 1 is 1.44 bits per heavy atom. The van der Waals surface area contributed by atoms with Gasteiger partial charge in [0.05, 0.1) is 7.11 Å². The standard InChI is InChI=1S/C13H15NO4/c1-18-11-8-9(4-5-12(15)16)7-10(13(11)17)3-2-6-14/h2-5,7-8,17H,6,14H2,1H3,(H,15,16). The third-order valence-corrected chi connectivity index (χ3v) is 2.20. The fourth-order valence-corrected chi connectivity index (χ4v) is 1.39. The monoisotopic (exact) mass is 249 g/mol. The molecule has 0 aliphatic carbocycles. The Balaban J connectivity index is 3.21. The van der Waals surface area contributed by atoms with Gasteiger partial charge < -0.3 is 20.7 Å². The second kappa shape index (κ2) is 6.46. The summed E-state index contributed by atoms with van der Waals surface area (Å²) in [6.07, 6.45) is 5.77. The van der Waals surface area contributed by atoms with Gasteiger partial charge in [-0.15, -0.1) is 0 Å². The summed E-state index contributed by atoms with van der Waals surface area (Å²) in [4.78, 5) is 10.5. The highest BCUT2D eigenvalue weighted by atomic mass is 16.5. The molecule has 0 radical (unpaired) electrons. The van der Waals surface area contributed by atoms with Crippen molar-refractivity contribution in [2.24, 2.45) is 5.73 Å². The third-order valence-electron chi connectivity index (χ3n) is 2.20. The van der Waals surface area contributed by atoms with E-state index >= 15 is 0 Å². The van der Waals surface area contributed by atoms with Crippen molar-refractivity contribution in [3.63, 3.8) is 0 Å². The van der Waals surface area contributed by atoms with Gasteiger partial charge in [0.1, 0.15) is 0 Å². The lowest BCUT2D eigenvalue weighted by Gasteiger charge is -2.08. The minimum Gasteiger partial charge on any atom is -0.504 e. The molecule has 1 aromatic carbocycles. The summed E-state index contributed by atoms with van der Waals surface area (Å²) in [6, 6.07) is 3.19. The van der Waals surface area contributed by atoms with Crippen LogP contribution in [0.1, 0.15) is 11.1 Å². The topological polar surface area (TPSA) is 92.8 Å². The molecule has 5 nitrogen and oxygen atoms in total. The molecule has 5 heteroatoms. The minimum atomic E-state index is -1.04. The fraction of sp³-hybridized carbons (Fsp3) is 0.154. The molecule has 0 fully saturated rings. The van der Waals surface area contributed by atoms with Crippen LogP contribution < -0.4 is 10.5 Å². The number of hydrogen-bond donors (Lipinski definition) is 3. The van der Waals surface area contributed by atoms with Gasteiger partial charge in [-0.25, -0.2) is 4.79 Å². The molecule has 0 atom stereocenters. The van der Waals surface area contributed by atoms with Gasteiger partial charge in [-0.2, -0.15) is 0 Å². The Morgan fingerprint density at radius 2 is 2.17 bits per heavy atom. The molecule has 0 amide bonds. The van der Waals surface area contributed by atoms with Crippen LogP contribution in [0.2, 0.25) is 0 Å². The quantitative estimate of drug-likeness (QED) is 0.687. The van der Waals surface area contributed by atoms with Gasteiger partial charge in [-0.3, -0.25) is 0 Å². The molecule has 0 aliphatic rings. The van der Waals surface area contributed by atoms with Gasteiger partial charge >= 0.3 is 5.97 Å². The number of aromatic hydroxyl groups is 1. The molecule has 0 saturated carbocycles. The van der Waals surface area contributed by atoms with Crippen LogP contribution in [0.5, 0.6) is 11.5 Å². The summed E-state index contributed by atoms with van der Waals surface area (Å²) in [5.41, 5.74) is 6.47. The minimum absolute atomic E-state index is 0.00493. The van der Waals surface area contributed by atoms with Gasteiger partial charge in [-0.1, -0.05) is 12.2 Å². The van der Waals surface area contributed by atoms with E-state index in [1.54, 1.807) is 24.3 Å². The molecule has 0 spiro atoms. The SMILES string of the molecule is COc1cc(C=CC(=O)O)cc(C=CCN)c1O. The molecule has 96 valence electrons. The first-order chi connectivity index (χ1) is 8.58. The highest BCUT2D eigenvalue weighted by molar-refractivity contribution is 5.85. The maximum atomic E-state index is 10.5. The summed E-state index contributed by atoms with van der Waals surface area (Å²) in [5.74, 6) is -0.769. The zero-order chi connectivity index (χ0) is 13.5. The summed E-state index contributed by atoms with van der Waals surface area (Å²) >= 11 is 0. The van der Waals surface area contributed by atoms with Crippen molar-refractivity contribution in [3.8, 4) is 11.5 Å². The highest BCUT2D eigenvalue weighted by Crippen LogP contribution is 2.32. The average Bonchev–Trinajstić information content (AvgIpc) is 2.35. The second-order valence-corrected chi connectivity index (χ2v) is 3.47. The van der Waals surface area contributed by atoms with E-state index in [9.17, 15) is 9.90 Å². The number of methoxy groups -OCH3 is 1. The van der Waals surface area contributed by atoms with E-state index in [-0.39, 0.29) is 11.5 Å². The second-order valence-electron chi connectivity index (χ2n) is 3.47. The third kappa shape index (κ3) is 3.64. The zero-order valence-corrected chi connectivity index (χ0v) is 9.96. The molecular formula is C13H15NO4. The van der Waals surface area contributed by atoms with E-state index in [1.807, 2.05) is 0 Å². The Labute approximate surface area is 105 Å². The van der Waals surface area contributed by atoms with Crippen LogP contribution >= 0.6 is 0 Å². The van der Waals surface area contributed by atoms with E-state index in [1.165, 1.54) is 13.2 Å². The first-order valence-electron chi connectivity index (χ1n) is 5.27. The van der Waals surface area contributed by atoms with Crippen molar-refractivity contribution >= 4 is 18.1 Å². The van der Waals surface area contributed by atoms with Crippen LogP contribution in [0.4, 0.5) is 0 Å². The molecule has 4 N–H and O–H groups in total. The maximum Gasteiger partial charge on any atom is 0.328 e. The number of aliphatic carboxylic acids is 1. The van der Waals surface area contributed by atoms with Gasteiger partial charge in [-0.05, 0) is 23.8 Å². The van der Waals surface area contributed by atoms with Crippen molar-refractivity contribution in [2.75, 3.05) is 13.7 Å². The van der Waals surface area contributed by atoms with Gasteiger partial charge in [0, 0.05) is 18.2 Å². The molecule has 1 rings (SSSR count). The lowest BCUT2D eigenvalue weighted by atomic mass is 10.1. The molecule has 0 unspecified atom stereocenters. The normalized spacial score (nSPS) is 11.2. The zero-order valence-electron chi connectivity index (χ0n) is 9.96. The number of rotatable bonds is 5. The van der Waals surface area contributed by atoms with Crippen LogP contribution in [0.15, 0.2) is 24.3 Å². The number of phenolic OH excluding ortho intramolecular Hbond substituents is 1. The van der Waals surface area contributed by atoms with E-state index in [2.05, 4.69) is 0 Å².